The van der Waals surface area contributed by atoms with Crippen molar-refractivity contribution in [2.75, 3.05) is 53.6 Å². The molecule has 148 valence electrons. The number of morpholine rings is 1. The van der Waals surface area contributed by atoms with Crippen LogP contribution in [0.15, 0.2) is 23.2 Å². The van der Waals surface area contributed by atoms with Crippen molar-refractivity contribution >= 4 is 29.9 Å². The van der Waals surface area contributed by atoms with Crippen molar-refractivity contribution in [1.82, 2.24) is 10.2 Å². The number of guanidine groups is 1. The van der Waals surface area contributed by atoms with Gasteiger partial charge in [-0.3, -0.25) is 4.90 Å². The number of hydrogen-bond acceptors (Lipinski definition) is 5. The van der Waals surface area contributed by atoms with E-state index in [0.29, 0.717) is 29.9 Å². The van der Waals surface area contributed by atoms with Crippen LogP contribution in [0.5, 0.6) is 11.5 Å². The normalized spacial score (nSPS) is 16.5. The van der Waals surface area contributed by atoms with Crippen LogP contribution in [-0.4, -0.2) is 64.5 Å². The zero-order chi connectivity index (χ0) is 18.1. The third kappa shape index (κ3) is 7.55. The summed E-state index contributed by atoms with van der Waals surface area (Å²) in [6.45, 7) is 8.23. The Morgan fingerprint density at radius 3 is 2.62 bits per heavy atom. The zero-order valence-corrected chi connectivity index (χ0v) is 18.2. The van der Waals surface area contributed by atoms with E-state index in [1.54, 1.807) is 14.2 Å². The molecule has 1 heterocycles. The Kier molecular flexibility index (Phi) is 10.7. The van der Waals surface area contributed by atoms with Crippen molar-refractivity contribution in [1.29, 1.82) is 0 Å². The maximum Gasteiger partial charge on any atom is 0.188 e. The van der Waals surface area contributed by atoms with Gasteiger partial charge in [0.1, 0.15) is 0 Å². The summed E-state index contributed by atoms with van der Waals surface area (Å²) in [5, 5.41) is 3.21. The molecule has 1 aliphatic heterocycles. The second kappa shape index (κ2) is 12.2. The predicted octanol–water partition coefficient (Wildman–Crippen LogP) is 1.69. The summed E-state index contributed by atoms with van der Waals surface area (Å²) in [5.41, 5.74) is 7.00. The van der Waals surface area contributed by atoms with Crippen molar-refractivity contribution in [2.45, 2.75) is 13.5 Å². The van der Waals surface area contributed by atoms with Crippen LogP contribution in [0.2, 0.25) is 0 Å². The van der Waals surface area contributed by atoms with Gasteiger partial charge in [-0.15, -0.1) is 24.0 Å². The molecule has 1 fully saturated rings. The molecule has 1 saturated heterocycles. The number of halogens is 1. The summed E-state index contributed by atoms with van der Waals surface area (Å²) in [4.78, 5) is 6.82. The first-order valence-electron chi connectivity index (χ1n) is 8.67. The number of nitrogens with two attached hydrogens (primary N) is 1. The van der Waals surface area contributed by atoms with Crippen LogP contribution in [-0.2, 0) is 11.3 Å². The average molecular weight is 478 g/mol. The second-order valence-corrected chi connectivity index (χ2v) is 6.29. The molecule has 0 radical (unpaired) electrons. The predicted molar refractivity (Wildman–Crippen MR) is 115 cm³/mol. The van der Waals surface area contributed by atoms with Crippen molar-refractivity contribution in [3.05, 3.63) is 23.8 Å². The number of benzene rings is 1. The van der Waals surface area contributed by atoms with Crippen molar-refractivity contribution in [2.24, 2.45) is 16.6 Å². The average Bonchev–Trinajstić information content (AvgIpc) is 2.65. The van der Waals surface area contributed by atoms with E-state index in [0.717, 1.165) is 45.0 Å². The lowest BCUT2D eigenvalue weighted by Gasteiger charge is -2.29. The first-order chi connectivity index (χ1) is 12.1. The quantitative estimate of drug-likeness (QED) is 0.337. The fourth-order valence-electron chi connectivity index (χ4n) is 2.78. The molecule has 0 bridgehead atoms. The van der Waals surface area contributed by atoms with E-state index in [1.807, 2.05) is 18.2 Å². The van der Waals surface area contributed by atoms with E-state index >= 15 is 0 Å². The molecule has 2 rings (SSSR count). The summed E-state index contributed by atoms with van der Waals surface area (Å²) in [6, 6.07) is 5.74. The number of nitrogens with one attached hydrogen (secondary N) is 1. The van der Waals surface area contributed by atoms with E-state index in [4.69, 9.17) is 19.9 Å². The fraction of sp³-hybridized carbons (Fsp3) is 0.611. The molecule has 0 spiro atoms. The Morgan fingerprint density at radius 2 is 1.96 bits per heavy atom. The summed E-state index contributed by atoms with van der Waals surface area (Å²) in [5.74, 6) is 2.36. The minimum atomic E-state index is 0. The molecule has 1 aromatic carbocycles. The van der Waals surface area contributed by atoms with Gasteiger partial charge < -0.3 is 25.3 Å². The molecule has 7 nitrogen and oxygen atoms in total. The summed E-state index contributed by atoms with van der Waals surface area (Å²) < 4.78 is 15.9. The van der Waals surface area contributed by atoms with E-state index in [-0.39, 0.29) is 24.0 Å². The number of nitrogens with zero attached hydrogens (tertiary/aromatic N) is 2. The Labute approximate surface area is 173 Å². The van der Waals surface area contributed by atoms with Crippen LogP contribution in [0.25, 0.3) is 0 Å². The highest BCUT2D eigenvalue weighted by Gasteiger charge is 2.13. The summed E-state index contributed by atoms with van der Waals surface area (Å²) in [6.07, 6.45) is 0. The fourth-order valence-corrected chi connectivity index (χ4v) is 2.78. The molecule has 3 N–H and O–H groups in total. The van der Waals surface area contributed by atoms with Crippen molar-refractivity contribution in [3.8, 4) is 11.5 Å². The van der Waals surface area contributed by atoms with Crippen molar-refractivity contribution < 1.29 is 14.2 Å². The topological polar surface area (TPSA) is 81.3 Å². The molecule has 0 amide bonds. The van der Waals surface area contributed by atoms with Crippen LogP contribution in [0.1, 0.15) is 12.5 Å². The summed E-state index contributed by atoms with van der Waals surface area (Å²) >= 11 is 0. The molecular weight excluding hydrogens is 447 g/mol. The zero-order valence-electron chi connectivity index (χ0n) is 15.9. The molecule has 0 aromatic heterocycles. The van der Waals surface area contributed by atoms with E-state index < -0.39 is 0 Å². The smallest absolute Gasteiger partial charge is 0.188 e. The number of methoxy groups -OCH3 is 2. The first-order valence-corrected chi connectivity index (χ1v) is 8.67. The molecule has 1 atom stereocenters. The van der Waals surface area contributed by atoms with Gasteiger partial charge in [-0.1, -0.05) is 13.0 Å². The van der Waals surface area contributed by atoms with Gasteiger partial charge in [-0.05, 0) is 23.6 Å². The van der Waals surface area contributed by atoms with Crippen LogP contribution < -0.4 is 20.5 Å². The number of aliphatic imine (C=N–C) groups is 1. The molecule has 0 saturated carbocycles. The lowest BCUT2D eigenvalue weighted by Crippen LogP contribution is -2.42. The second-order valence-electron chi connectivity index (χ2n) is 6.29. The molecule has 1 aromatic rings. The monoisotopic (exact) mass is 478 g/mol. The molecular formula is C18H31IN4O3. The third-order valence-corrected chi connectivity index (χ3v) is 4.19. The van der Waals surface area contributed by atoms with Gasteiger partial charge in [0.05, 0.1) is 34.0 Å². The Hall–Kier alpha value is -1.26. The lowest BCUT2D eigenvalue weighted by atomic mass is 10.1. The largest absolute Gasteiger partial charge is 0.493 e. The Balaban J connectivity index is 0.00000338. The highest BCUT2D eigenvalue weighted by Crippen LogP contribution is 2.27. The van der Waals surface area contributed by atoms with Gasteiger partial charge >= 0.3 is 0 Å². The maximum absolute atomic E-state index is 5.98. The Morgan fingerprint density at radius 1 is 1.27 bits per heavy atom. The summed E-state index contributed by atoms with van der Waals surface area (Å²) in [7, 11) is 3.24. The van der Waals surface area contributed by atoms with Gasteiger partial charge in [0.25, 0.3) is 0 Å². The van der Waals surface area contributed by atoms with Gasteiger partial charge in [-0.2, -0.15) is 0 Å². The standard InChI is InChI=1S/C18H30N4O3.HI/c1-14(13-22-6-8-25-9-7-22)11-20-18(19)21-12-15-4-5-16(23-2)17(10-15)24-3;/h4-5,10,14H,6-9,11-13H2,1-3H3,(H3,19,20,21);1H. The molecule has 1 aliphatic rings. The number of hydrogen-bond donors (Lipinski definition) is 2. The molecule has 26 heavy (non-hydrogen) atoms. The SMILES string of the molecule is COc1ccc(CN=C(N)NCC(C)CN2CCOCC2)cc1OC.I. The number of rotatable bonds is 8. The van der Waals surface area contributed by atoms with Gasteiger partial charge in [0, 0.05) is 26.2 Å². The molecule has 1 unspecified atom stereocenters. The molecule has 0 aliphatic carbocycles. The Bertz CT molecular complexity index is 565. The van der Waals surface area contributed by atoms with E-state index in [9.17, 15) is 0 Å². The highest BCUT2D eigenvalue weighted by atomic mass is 127. The van der Waals surface area contributed by atoms with Gasteiger partial charge in [0.2, 0.25) is 0 Å². The highest BCUT2D eigenvalue weighted by molar-refractivity contribution is 14.0. The maximum atomic E-state index is 5.98. The van der Waals surface area contributed by atoms with Crippen LogP contribution >= 0.6 is 24.0 Å². The molecule has 8 heteroatoms. The van der Waals surface area contributed by atoms with E-state index in [1.165, 1.54) is 0 Å². The van der Waals surface area contributed by atoms with E-state index in [2.05, 4.69) is 22.1 Å². The minimum absolute atomic E-state index is 0. The van der Waals surface area contributed by atoms with Crippen molar-refractivity contribution in [3.63, 3.8) is 0 Å². The minimum Gasteiger partial charge on any atom is -0.493 e. The van der Waals surface area contributed by atoms with Gasteiger partial charge in [-0.25, -0.2) is 4.99 Å². The van der Waals surface area contributed by atoms with Crippen LogP contribution in [0, 0.1) is 5.92 Å². The lowest BCUT2D eigenvalue weighted by molar-refractivity contribution is 0.0320. The first kappa shape index (κ1) is 22.8. The number of ether oxygens (including phenoxy) is 3. The third-order valence-electron chi connectivity index (χ3n) is 4.19. The van der Waals surface area contributed by atoms with Crippen LogP contribution in [0.4, 0.5) is 0 Å². The van der Waals surface area contributed by atoms with Gasteiger partial charge in [0.15, 0.2) is 17.5 Å². The van der Waals surface area contributed by atoms with Crippen LogP contribution in [0.3, 0.4) is 0 Å².